The molecule has 3 rings (SSSR count). The van der Waals surface area contributed by atoms with Crippen LogP contribution in [0.4, 0.5) is 26.3 Å². The van der Waals surface area contributed by atoms with Crippen LogP contribution in [0.5, 0.6) is 0 Å². The lowest BCUT2D eigenvalue weighted by atomic mass is 9.71. The summed E-state index contributed by atoms with van der Waals surface area (Å²) in [5, 5.41) is 0. The first-order valence-corrected chi connectivity index (χ1v) is 9.39. The van der Waals surface area contributed by atoms with Gasteiger partial charge >= 0.3 is 12.4 Å². The average molecular weight is 388 g/mol. The number of hydrogen-bond donors (Lipinski definition) is 0. The molecule has 2 bridgehead atoms. The molecule has 0 spiro atoms. The lowest BCUT2D eigenvalue weighted by Crippen LogP contribution is -2.61. The molecule has 0 aromatic rings. The number of rotatable bonds is 4. The van der Waals surface area contributed by atoms with E-state index in [2.05, 4.69) is 0 Å². The van der Waals surface area contributed by atoms with Gasteiger partial charge in [-0.3, -0.25) is 0 Å². The smallest absolute Gasteiger partial charge is 0.353 e. The molecule has 6 unspecified atom stereocenters. The fourth-order valence-electron chi connectivity index (χ4n) is 5.30. The predicted octanol–water partition coefficient (Wildman–Crippen LogP) is 5.71. The van der Waals surface area contributed by atoms with Crippen molar-refractivity contribution in [3.05, 3.63) is 0 Å². The van der Waals surface area contributed by atoms with Crippen LogP contribution in [0.15, 0.2) is 0 Å². The SMILES string of the molecule is CC1C2CC(CC(OC3CCCCO3)(C(F)(F)F)C(F)(F)F)C(C2)C1C. The van der Waals surface area contributed by atoms with Gasteiger partial charge in [-0.05, 0) is 68.1 Å². The molecule has 2 saturated carbocycles. The lowest BCUT2D eigenvalue weighted by Gasteiger charge is -2.43. The van der Waals surface area contributed by atoms with E-state index in [9.17, 15) is 26.3 Å². The van der Waals surface area contributed by atoms with Gasteiger partial charge in [0.05, 0.1) is 0 Å². The summed E-state index contributed by atoms with van der Waals surface area (Å²) in [6.07, 6.45) is -11.3. The van der Waals surface area contributed by atoms with Crippen molar-refractivity contribution >= 4 is 0 Å². The summed E-state index contributed by atoms with van der Waals surface area (Å²) >= 11 is 0. The zero-order valence-electron chi connectivity index (χ0n) is 15.0. The molecular weight excluding hydrogens is 362 g/mol. The molecule has 2 nitrogen and oxygen atoms in total. The third kappa shape index (κ3) is 3.36. The second-order valence-corrected chi connectivity index (χ2v) is 8.31. The Hall–Kier alpha value is -0.500. The van der Waals surface area contributed by atoms with E-state index in [1.807, 2.05) is 13.8 Å². The Morgan fingerprint density at radius 2 is 1.58 bits per heavy atom. The van der Waals surface area contributed by atoms with Gasteiger partial charge in [0, 0.05) is 6.61 Å². The summed E-state index contributed by atoms with van der Waals surface area (Å²) in [4.78, 5) is 0. The summed E-state index contributed by atoms with van der Waals surface area (Å²) < 4.78 is 92.6. The van der Waals surface area contributed by atoms with Gasteiger partial charge in [0.1, 0.15) is 0 Å². The number of halogens is 6. The van der Waals surface area contributed by atoms with E-state index in [0.717, 1.165) is 6.42 Å². The molecule has 2 aliphatic carbocycles. The molecule has 0 aromatic heterocycles. The number of fused-ring (bicyclic) bond motifs is 2. The fourth-order valence-corrected chi connectivity index (χ4v) is 5.30. The Bertz CT molecular complexity index is 481. The Labute approximate surface area is 149 Å². The Morgan fingerprint density at radius 3 is 2.04 bits per heavy atom. The molecule has 3 aliphatic rings. The average Bonchev–Trinajstić information content (AvgIpc) is 3.05. The standard InChI is InChI=1S/C18H26F6O2/c1-10-11(2)14-8-12(10)7-13(14)9-16(17(19,20)21,18(22,23)24)26-15-5-3-4-6-25-15/h10-15H,3-9H2,1-2H3. The van der Waals surface area contributed by atoms with E-state index in [1.54, 1.807) is 0 Å². The van der Waals surface area contributed by atoms with E-state index in [-0.39, 0.29) is 30.8 Å². The van der Waals surface area contributed by atoms with E-state index in [4.69, 9.17) is 9.47 Å². The minimum Gasteiger partial charge on any atom is -0.353 e. The quantitative estimate of drug-likeness (QED) is 0.574. The highest BCUT2D eigenvalue weighted by molar-refractivity contribution is 5.04. The van der Waals surface area contributed by atoms with Gasteiger partial charge in [0.15, 0.2) is 6.29 Å². The summed E-state index contributed by atoms with van der Waals surface area (Å²) in [6.45, 7) is 4.10. The molecule has 0 radical (unpaired) electrons. The summed E-state index contributed by atoms with van der Waals surface area (Å²) in [5.74, 6) is -0.0213. The first-order chi connectivity index (χ1) is 12.0. The second-order valence-electron chi connectivity index (χ2n) is 8.31. The van der Waals surface area contributed by atoms with Crippen LogP contribution in [0.3, 0.4) is 0 Å². The van der Waals surface area contributed by atoms with Crippen LogP contribution in [-0.2, 0) is 9.47 Å². The van der Waals surface area contributed by atoms with Crippen molar-refractivity contribution in [3.8, 4) is 0 Å². The largest absolute Gasteiger partial charge is 0.426 e. The zero-order valence-corrected chi connectivity index (χ0v) is 15.0. The second kappa shape index (κ2) is 6.83. The fraction of sp³-hybridized carbons (Fsp3) is 1.00. The van der Waals surface area contributed by atoms with E-state index < -0.39 is 36.6 Å². The van der Waals surface area contributed by atoms with Crippen molar-refractivity contribution in [3.63, 3.8) is 0 Å². The first-order valence-electron chi connectivity index (χ1n) is 9.39. The van der Waals surface area contributed by atoms with Crippen LogP contribution in [0, 0.1) is 29.6 Å². The van der Waals surface area contributed by atoms with Crippen molar-refractivity contribution in [2.45, 2.75) is 76.6 Å². The number of ether oxygens (including phenoxy) is 2. The number of hydrogen-bond acceptors (Lipinski definition) is 2. The van der Waals surface area contributed by atoms with Gasteiger partial charge in [0.25, 0.3) is 5.60 Å². The predicted molar refractivity (Wildman–Crippen MR) is 82.2 cm³/mol. The van der Waals surface area contributed by atoms with E-state index in [0.29, 0.717) is 25.2 Å². The minimum atomic E-state index is -5.54. The molecule has 1 heterocycles. The molecule has 0 amide bonds. The van der Waals surface area contributed by atoms with Gasteiger partial charge in [-0.2, -0.15) is 26.3 Å². The molecule has 1 aliphatic heterocycles. The van der Waals surface area contributed by atoms with Crippen molar-refractivity contribution in [2.24, 2.45) is 29.6 Å². The maximum atomic E-state index is 13.8. The Morgan fingerprint density at radius 1 is 0.923 bits per heavy atom. The first kappa shape index (κ1) is 20.2. The van der Waals surface area contributed by atoms with Gasteiger partial charge in [0.2, 0.25) is 0 Å². The van der Waals surface area contributed by atoms with Gasteiger partial charge in [-0.25, -0.2) is 0 Å². The Kier molecular flexibility index (Phi) is 5.32. The maximum absolute atomic E-state index is 13.8. The molecule has 6 atom stereocenters. The molecular formula is C18H26F6O2. The molecule has 1 saturated heterocycles. The monoisotopic (exact) mass is 388 g/mol. The summed E-state index contributed by atoms with van der Waals surface area (Å²) in [6, 6.07) is 0. The van der Waals surface area contributed by atoms with Crippen LogP contribution in [0.1, 0.15) is 52.4 Å². The normalized spacial score (nSPS) is 38.8. The molecule has 3 fully saturated rings. The Balaban J connectivity index is 1.87. The highest BCUT2D eigenvalue weighted by Gasteiger charge is 2.74. The third-order valence-electron chi connectivity index (χ3n) is 6.97. The van der Waals surface area contributed by atoms with Crippen LogP contribution in [-0.4, -0.2) is 30.9 Å². The van der Waals surface area contributed by atoms with Gasteiger partial charge in [-0.1, -0.05) is 13.8 Å². The van der Waals surface area contributed by atoms with Gasteiger partial charge in [-0.15, -0.1) is 0 Å². The molecule has 0 aromatic carbocycles. The van der Waals surface area contributed by atoms with Crippen LogP contribution < -0.4 is 0 Å². The topological polar surface area (TPSA) is 18.5 Å². The molecule has 8 heteroatoms. The van der Waals surface area contributed by atoms with Crippen molar-refractivity contribution in [1.29, 1.82) is 0 Å². The van der Waals surface area contributed by atoms with E-state index in [1.165, 1.54) is 0 Å². The third-order valence-corrected chi connectivity index (χ3v) is 6.97. The lowest BCUT2D eigenvalue weighted by molar-refractivity contribution is -0.416. The summed E-state index contributed by atoms with van der Waals surface area (Å²) in [7, 11) is 0. The van der Waals surface area contributed by atoms with Crippen LogP contribution >= 0.6 is 0 Å². The number of alkyl halides is 6. The highest BCUT2D eigenvalue weighted by Crippen LogP contribution is 2.60. The minimum absolute atomic E-state index is 0.0536. The molecule has 152 valence electrons. The van der Waals surface area contributed by atoms with Crippen LogP contribution in [0.25, 0.3) is 0 Å². The molecule has 0 N–H and O–H groups in total. The maximum Gasteiger partial charge on any atom is 0.426 e. The highest BCUT2D eigenvalue weighted by atomic mass is 19.4. The van der Waals surface area contributed by atoms with E-state index >= 15 is 0 Å². The van der Waals surface area contributed by atoms with Crippen molar-refractivity contribution in [2.75, 3.05) is 6.61 Å². The van der Waals surface area contributed by atoms with Crippen molar-refractivity contribution in [1.82, 2.24) is 0 Å². The van der Waals surface area contributed by atoms with Crippen LogP contribution in [0.2, 0.25) is 0 Å². The zero-order chi connectivity index (χ0) is 19.3. The molecule has 26 heavy (non-hydrogen) atoms. The van der Waals surface area contributed by atoms with Crippen molar-refractivity contribution < 1.29 is 35.8 Å². The summed E-state index contributed by atoms with van der Waals surface area (Å²) in [5.41, 5.74) is -4.15. The van der Waals surface area contributed by atoms with Gasteiger partial charge < -0.3 is 9.47 Å².